The second kappa shape index (κ2) is 8.90. The Morgan fingerprint density at radius 3 is 2.17 bits per heavy atom. The van der Waals surface area contributed by atoms with Crippen molar-refractivity contribution in [2.24, 2.45) is 10.9 Å². The van der Waals surface area contributed by atoms with Crippen molar-refractivity contribution in [3.05, 3.63) is 29.8 Å². The quantitative estimate of drug-likeness (QED) is 0.348. The van der Waals surface area contributed by atoms with Gasteiger partial charge in [0.1, 0.15) is 5.60 Å². The number of amides is 1. The predicted octanol–water partition coefficient (Wildman–Crippen LogP) is 2.30. The van der Waals surface area contributed by atoms with Crippen LogP contribution in [-0.2, 0) is 4.74 Å². The smallest absolute Gasteiger partial charge is 0.410 e. The first-order valence-electron chi connectivity index (χ1n) is 10.3. The summed E-state index contributed by atoms with van der Waals surface area (Å²) in [5.41, 5.74) is 7.06. The van der Waals surface area contributed by atoms with E-state index in [0.29, 0.717) is 11.6 Å². The molecule has 160 valence electrons. The zero-order valence-electron chi connectivity index (χ0n) is 17.7. The van der Waals surface area contributed by atoms with Gasteiger partial charge in [-0.2, -0.15) is 0 Å². The standard InChI is InChI=1S/C21H33N5O3/c1-21(2,3)29-20(27)26-14-12-25(13-15-26)18-8-10-24(11-9-18)17-6-4-16(5-7-17)19(22)23-28/h4-7,18,28H,8-15H2,1-3H3,(H2,22,23). The second-order valence-corrected chi connectivity index (χ2v) is 8.75. The van der Waals surface area contributed by atoms with Crippen LogP contribution >= 0.6 is 0 Å². The van der Waals surface area contributed by atoms with Gasteiger partial charge in [-0.15, -0.1) is 0 Å². The van der Waals surface area contributed by atoms with Gasteiger partial charge >= 0.3 is 6.09 Å². The van der Waals surface area contributed by atoms with E-state index in [-0.39, 0.29) is 11.9 Å². The fourth-order valence-electron chi connectivity index (χ4n) is 3.99. The SMILES string of the molecule is CC(C)(C)OC(=O)N1CCN(C2CCN(c3ccc(C(N)=NO)cc3)CC2)CC1. The molecule has 0 spiro atoms. The number of piperazine rings is 1. The summed E-state index contributed by atoms with van der Waals surface area (Å²) in [6.45, 7) is 11.0. The maximum Gasteiger partial charge on any atom is 0.410 e. The number of ether oxygens (including phenoxy) is 1. The molecule has 0 atom stereocenters. The molecular formula is C21H33N5O3. The molecule has 2 aliphatic rings. The molecule has 8 nitrogen and oxygen atoms in total. The van der Waals surface area contributed by atoms with E-state index in [9.17, 15) is 4.79 Å². The third-order valence-corrected chi connectivity index (χ3v) is 5.58. The van der Waals surface area contributed by atoms with Crippen molar-refractivity contribution in [2.75, 3.05) is 44.2 Å². The largest absolute Gasteiger partial charge is 0.444 e. The lowest BCUT2D eigenvalue weighted by molar-refractivity contribution is 0.00902. The molecule has 1 amide bonds. The highest BCUT2D eigenvalue weighted by molar-refractivity contribution is 5.97. The molecule has 3 rings (SSSR count). The molecule has 0 bridgehead atoms. The fraction of sp³-hybridized carbons (Fsp3) is 0.619. The van der Waals surface area contributed by atoms with Crippen LogP contribution in [0.1, 0.15) is 39.2 Å². The summed E-state index contributed by atoms with van der Waals surface area (Å²) in [5, 5.41) is 11.8. The minimum absolute atomic E-state index is 0.126. The summed E-state index contributed by atoms with van der Waals surface area (Å²) in [5.74, 6) is 0.126. The molecule has 0 radical (unpaired) electrons. The summed E-state index contributed by atoms with van der Waals surface area (Å²) >= 11 is 0. The number of benzene rings is 1. The fourth-order valence-corrected chi connectivity index (χ4v) is 3.99. The van der Waals surface area contributed by atoms with Crippen LogP contribution in [0, 0.1) is 0 Å². The van der Waals surface area contributed by atoms with E-state index >= 15 is 0 Å². The van der Waals surface area contributed by atoms with Crippen LogP contribution in [0.3, 0.4) is 0 Å². The summed E-state index contributed by atoms with van der Waals surface area (Å²) in [6, 6.07) is 8.36. The number of anilines is 1. The van der Waals surface area contributed by atoms with Crippen molar-refractivity contribution >= 4 is 17.6 Å². The lowest BCUT2D eigenvalue weighted by Crippen LogP contribution is -2.55. The third-order valence-electron chi connectivity index (χ3n) is 5.58. The van der Waals surface area contributed by atoms with E-state index < -0.39 is 5.60 Å². The minimum Gasteiger partial charge on any atom is -0.444 e. The molecule has 3 N–H and O–H groups in total. The molecule has 0 unspecified atom stereocenters. The summed E-state index contributed by atoms with van der Waals surface area (Å²) in [7, 11) is 0. The molecule has 2 heterocycles. The molecule has 1 aromatic carbocycles. The highest BCUT2D eigenvalue weighted by Gasteiger charge is 2.30. The Kier molecular flexibility index (Phi) is 6.52. The van der Waals surface area contributed by atoms with Gasteiger partial charge in [-0.05, 0) is 57.9 Å². The van der Waals surface area contributed by atoms with Crippen molar-refractivity contribution in [1.29, 1.82) is 0 Å². The third kappa shape index (κ3) is 5.53. The lowest BCUT2D eigenvalue weighted by atomic mass is 10.0. The van der Waals surface area contributed by atoms with E-state index in [1.165, 1.54) is 0 Å². The van der Waals surface area contributed by atoms with Crippen LogP contribution in [0.4, 0.5) is 10.5 Å². The molecule has 0 aromatic heterocycles. The summed E-state index contributed by atoms with van der Waals surface area (Å²) < 4.78 is 5.48. The summed E-state index contributed by atoms with van der Waals surface area (Å²) in [4.78, 5) is 18.9. The molecule has 2 fully saturated rings. The Morgan fingerprint density at radius 2 is 1.66 bits per heavy atom. The number of hydrogen-bond donors (Lipinski definition) is 2. The number of piperidine rings is 1. The number of amidine groups is 1. The molecular weight excluding hydrogens is 370 g/mol. The van der Waals surface area contributed by atoms with Gasteiger partial charge < -0.3 is 25.5 Å². The zero-order valence-corrected chi connectivity index (χ0v) is 17.7. The number of oxime groups is 1. The van der Waals surface area contributed by atoms with E-state index in [4.69, 9.17) is 15.7 Å². The monoisotopic (exact) mass is 403 g/mol. The number of carbonyl (C=O) groups is 1. The average Bonchev–Trinajstić information content (AvgIpc) is 2.72. The van der Waals surface area contributed by atoms with Gasteiger partial charge in [0, 0.05) is 56.6 Å². The Bertz CT molecular complexity index is 713. The van der Waals surface area contributed by atoms with Crippen molar-refractivity contribution in [3.63, 3.8) is 0 Å². The predicted molar refractivity (Wildman–Crippen MR) is 114 cm³/mol. The van der Waals surface area contributed by atoms with E-state index in [1.54, 1.807) is 0 Å². The number of nitrogens with two attached hydrogens (primary N) is 1. The first-order valence-corrected chi connectivity index (χ1v) is 10.3. The van der Waals surface area contributed by atoms with Crippen LogP contribution in [0.5, 0.6) is 0 Å². The molecule has 29 heavy (non-hydrogen) atoms. The Morgan fingerprint density at radius 1 is 1.07 bits per heavy atom. The highest BCUT2D eigenvalue weighted by atomic mass is 16.6. The maximum atomic E-state index is 12.2. The van der Waals surface area contributed by atoms with Crippen molar-refractivity contribution in [3.8, 4) is 0 Å². The van der Waals surface area contributed by atoms with Gasteiger partial charge in [0.15, 0.2) is 5.84 Å². The topological polar surface area (TPSA) is 94.6 Å². The van der Waals surface area contributed by atoms with Crippen LogP contribution < -0.4 is 10.6 Å². The van der Waals surface area contributed by atoms with E-state index in [2.05, 4.69) is 15.0 Å². The van der Waals surface area contributed by atoms with Gasteiger partial charge in [0.2, 0.25) is 0 Å². The molecule has 8 heteroatoms. The summed E-state index contributed by atoms with van der Waals surface area (Å²) in [6.07, 6.45) is 2.00. The van der Waals surface area contributed by atoms with Crippen molar-refractivity contribution < 1.29 is 14.7 Å². The van der Waals surface area contributed by atoms with Crippen molar-refractivity contribution in [2.45, 2.75) is 45.3 Å². The number of rotatable bonds is 3. The van der Waals surface area contributed by atoms with Crippen LogP contribution in [0.15, 0.2) is 29.4 Å². The van der Waals surface area contributed by atoms with Gasteiger partial charge in [0.25, 0.3) is 0 Å². The average molecular weight is 404 g/mol. The first-order chi connectivity index (χ1) is 13.8. The van der Waals surface area contributed by atoms with Gasteiger partial charge in [-0.1, -0.05) is 5.16 Å². The maximum absolute atomic E-state index is 12.2. The molecule has 0 aliphatic carbocycles. The van der Waals surface area contributed by atoms with E-state index in [1.807, 2.05) is 49.9 Å². The minimum atomic E-state index is -0.449. The number of nitrogens with zero attached hydrogens (tertiary/aromatic N) is 4. The molecule has 2 saturated heterocycles. The Hall–Kier alpha value is -2.48. The Labute approximate surface area is 172 Å². The van der Waals surface area contributed by atoms with Crippen LogP contribution in [0.25, 0.3) is 0 Å². The van der Waals surface area contributed by atoms with Gasteiger partial charge in [0.05, 0.1) is 0 Å². The molecule has 1 aromatic rings. The normalized spacial score (nSPS) is 20.0. The second-order valence-electron chi connectivity index (χ2n) is 8.75. The molecule has 0 saturated carbocycles. The van der Waals surface area contributed by atoms with Gasteiger partial charge in [-0.3, -0.25) is 4.90 Å². The molecule has 2 aliphatic heterocycles. The first kappa shape index (κ1) is 21.2. The van der Waals surface area contributed by atoms with Gasteiger partial charge in [-0.25, -0.2) is 4.79 Å². The number of hydrogen-bond acceptors (Lipinski definition) is 6. The zero-order chi connectivity index (χ0) is 21.0. The number of carbonyl (C=O) groups excluding carboxylic acids is 1. The van der Waals surface area contributed by atoms with Crippen molar-refractivity contribution in [1.82, 2.24) is 9.80 Å². The van der Waals surface area contributed by atoms with Crippen LogP contribution in [0.2, 0.25) is 0 Å². The van der Waals surface area contributed by atoms with Crippen LogP contribution in [-0.4, -0.2) is 77.8 Å². The highest BCUT2D eigenvalue weighted by Crippen LogP contribution is 2.24. The van der Waals surface area contributed by atoms with E-state index in [0.717, 1.165) is 57.8 Å². The Balaban J connectivity index is 1.46. The lowest BCUT2D eigenvalue weighted by Gasteiger charge is -2.43.